The molecule has 1 aromatic carbocycles. The predicted molar refractivity (Wildman–Crippen MR) is 66.2 cm³/mol. The average Bonchev–Trinajstić information content (AvgIpc) is 2.60. The Balaban J connectivity index is 2.14. The van der Waals surface area contributed by atoms with Crippen molar-refractivity contribution in [3.8, 4) is 5.75 Å². The predicted octanol–water partition coefficient (Wildman–Crippen LogP) is 1.14. The number of rotatable bonds is 1. The van der Waals surface area contributed by atoms with Crippen LogP contribution in [0.1, 0.15) is 22.3 Å². The van der Waals surface area contributed by atoms with Gasteiger partial charge in [-0.05, 0) is 43.7 Å². The number of benzene rings is 1. The summed E-state index contributed by atoms with van der Waals surface area (Å²) in [7, 11) is 0. The maximum Gasteiger partial charge on any atom is 0.253 e. The molecule has 1 saturated heterocycles. The van der Waals surface area contributed by atoms with Crippen molar-refractivity contribution in [3.05, 3.63) is 29.3 Å². The molecule has 1 aliphatic heterocycles. The van der Waals surface area contributed by atoms with Crippen LogP contribution in [0.25, 0.3) is 0 Å². The van der Waals surface area contributed by atoms with Crippen LogP contribution in [0.3, 0.4) is 0 Å². The summed E-state index contributed by atoms with van der Waals surface area (Å²) in [5.41, 5.74) is 1.39. The van der Waals surface area contributed by atoms with Gasteiger partial charge in [0.1, 0.15) is 5.75 Å². The normalized spacial score (nSPS) is 16.6. The molecule has 4 nitrogen and oxygen atoms in total. The summed E-state index contributed by atoms with van der Waals surface area (Å²) in [6.45, 7) is 5.17. The third-order valence-electron chi connectivity index (χ3n) is 3.07. The lowest BCUT2D eigenvalue weighted by Gasteiger charge is -2.20. The summed E-state index contributed by atoms with van der Waals surface area (Å²) in [6.07, 6.45) is 0.989. The second kappa shape index (κ2) is 5.19. The molecule has 2 N–H and O–H groups in total. The fourth-order valence-corrected chi connectivity index (χ4v) is 2.02. The second-order valence-corrected chi connectivity index (χ2v) is 4.40. The molecule has 0 radical (unpaired) electrons. The first kappa shape index (κ1) is 11.9. The fraction of sp³-hybridized carbons (Fsp3) is 0.462. The van der Waals surface area contributed by atoms with Gasteiger partial charge in [-0.3, -0.25) is 4.79 Å². The molecule has 0 spiro atoms. The Hall–Kier alpha value is -1.55. The summed E-state index contributed by atoms with van der Waals surface area (Å²) in [5.74, 6) is 0.288. The number of hydrogen-bond acceptors (Lipinski definition) is 3. The number of aryl methyl sites for hydroxylation is 1. The first-order valence-electron chi connectivity index (χ1n) is 5.98. The maximum absolute atomic E-state index is 12.2. The Labute approximate surface area is 101 Å². The zero-order valence-corrected chi connectivity index (χ0v) is 10.1. The average molecular weight is 234 g/mol. The van der Waals surface area contributed by atoms with Crippen LogP contribution in [0.4, 0.5) is 0 Å². The highest BCUT2D eigenvalue weighted by atomic mass is 16.3. The van der Waals surface area contributed by atoms with E-state index >= 15 is 0 Å². The van der Waals surface area contributed by atoms with Gasteiger partial charge in [-0.15, -0.1) is 0 Å². The number of carbonyl (C=O) groups is 1. The largest absolute Gasteiger partial charge is 0.508 e. The van der Waals surface area contributed by atoms with Gasteiger partial charge in [0.15, 0.2) is 0 Å². The molecule has 17 heavy (non-hydrogen) atoms. The zero-order chi connectivity index (χ0) is 12.3. The second-order valence-electron chi connectivity index (χ2n) is 4.40. The molecule has 92 valence electrons. The van der Waals surface area contributed by atoms with Gasteiger partial charge in [-0.2, -0.15) is 0 Å². The Morgan fingerprint density at radius 3 is 2.94 bits per heavy atom. The van der Waals surface area contributed by atoms with E-state index in [1.165, 1.54) is 0 Å². The van der Waals surface area contributed by atoms with Gasteiger partial charge >= 0.3 is 0 Å². The van der Waals surface area contributed by atoms with Crippen LogP contribution in [0.5, 0.6) is 5.75 Å². The highest BCUT2D eigenvalue weighted by molar-refractivity contribution is 5.94. The van der Waals surface area contributed by atoms with Crippen LogP contribution in [-0.4, -0.2) is 42.1 Å². The molecule has 0 aromatic heterocycles. The number of hydrogen-bond donors (Lipinski definition) is 2. The van der Waals surface area contributed by atoms with Gasteiger partial charge < -0.3 is 15.3 Å². The van der Waals surface area contributed by atoms with Crippen molar-refractivity contribution in [2.24, 2.45) is 0 Å². The zero-order valence-electron chi connectivity index (χ0n) is 10.1. The van der Waals surface area contributed by atoms with E-state index in [0.717, 1.165) is 38.2 Å². The van der Waals surface area contributed by atoms with E-state index in [9.17, 15) is 9.90 Å². The summed E-state index contributed by atoms with van der Waals surface area (Å²) >= 11 is 0. The van der Waals surface area contributed by atoms with Crippen molar-refractivity contribution >= 4 is 5.91 Å². The van der Waals surface area contributed by atoms with Crippen molar-refractivity contribution < 1.29 is 9.90 Å². The minimum atomic E-state index is 0.0526. The number of phenols is 1. The molecule has 0 unspecified atom stereocenters. The monoisotopic (exact) mass is 234 g/mol. The third-order valence-corrected chi connectivity index (χ3v) is 3.07. The lowest BCUT2D eigenvalue weighted by atomic mass is 10.1. The van der Waals surface area contributed by atoms with Crippen LogP contribution < -0.4 is 5.32 Å². The minimum absolute atomic E-state index is 0.0526. The molecule has 1 aliphatic rings. The smallest absolute Gasteiger partial charge is 0.253 e. The molecular weight excluding hydrogens is 216 g/mol. The number of nitrogens with one attached hydrogen (secondary N) is 1. The van der Waals surface area contributed by atoms with Gasteiger partial charge in [0.05, 0.1) is 0 Å². The maximum atomic E-state index is 12.2. The van der Waals surface area contributed by atoms with Gasteiger partial charge in [0.2, 0.25) is 0 Å². The molecule has 1 amide bonds. The van der Waals surface area contributed by atoms with Gasteiger partial charge in [0.25, 0.3) is 5.91 Å². The Morgan fingerprint density at radius 2 is 2.18 bits per heavy atom. The highest BCUT2D eigenvalue weighted by Gasteiger charge is 2.17. The summed E-state index contributed by atoms with van der Waals surface area (Å²) in [6, 6.07) is 5.01. The first-order valence-corrected chi connectivity index (χ1v) is 5.98. The minimum Gasteiger partial charge on any atom is -0.508 e. The van der Waals surface area contributed by atoms with Crippen molar-refractivity contribution in [1.29, 1.82) is 0 Å². The first-order chi connectivity index (χ1) is 8.18. The van der Waals surface area contributed by atoms with Crippen molar-refractivity contribution in [1.82, 2.24) is 10.2 Å². The van der Waals surface area contributed by atoms with E-state index in [4.69, 9.17) is 0 Å². The van der Waals surface area contributed by atoms with Crippen molar-refractivity contribution in [3.63, 3.8) is 0 Å². The topological polar surface area (TPSA) is 52.6 Å². The molecule has 1 fully saturated rings. The van der Waals surface area contributed by atoms with Crippen LogP contribution in [0, 0.1) is 6.92 Å². The van der Waals surface area contributed by atoms with Gasteiger partial charge in [-0.25, -0.2) is 0 Å². The van der Waals surface area contributed by atoms with Crippen LogP contribution in [0.15, 0.2) is 18.2 Å². The van der Waals surface area contributed by atoms with Crippen LogP contribution >= 0.6 is 0 Å². The standard InChI is InChI=1S/C13H18N2O2/c1-10-9-11(3-4-12(10)16)13(17)15-7-2-5-14-6-8-15/h3-4,9,14,16H,2,5-8H2,1H3. The number of nitrogens with zero attached hydrogens (tertiary/aromatic N) is 1. The highest BCUT2D eigenvalue weighted by Crippen LogP contribution is 2.18. The molecule has 4 heteroatoms. The van der Waals surface area contributed by atoms with E-state index < -0.39 is 0 Å². The van der Waals surface area contributed by atoms with E-state index in [0.29, 0.717) is 5.56 Å². The lowest BCUT2D eigenvalue weighted by Crippen LogP contribution is -2.34. The van der Waals surface area contributed by atoms with E-state index in [2.05, 4.69) is 5.32 Å². The Kier molecular flexibility index (Phi) is 3.64. The molecule has 2 rings (SSSR count). The molecular formula is C13H18N2O2. The Morgan fingerprint density at radius 1 is 1.35 bits per heavy atom. The van der Waals surface area contributed by atoms with Crippen molar-refractivity contribution in [2.45, 2.75) is 13.3 Å². The van der Waals surface area contributed by atoms with Crippen LogP contribution in [0.2, 0.25) is 0 Å². The molecule has 1 heterocycles. The number of amides is 1. The number of aromatic hydroxyl groups is 1. The summed E-state index contributed by atoms with van der Waals surface area (Å²) in [4.78, 5) is 14.1. The number of carbonyl (C=O) groups excluding carboxylic acids is 1. The van der Waals surface area contributed by atoms with E-state index in [1.807, 2.05) is 4.90 Å². The molecule has 0 aliphatic carbocycles. The number of phenolic OH excluding ortho intramolecular Hbond substituents is 1. The van der Waals surface area contributed by atoms with Gasteiger partial charge in [-0.1, -0.05) is 0 Å². The van der Waals surface area contributed by atoms with Gasteiger partial charge in [0, 0.05) is 25.2 Å². The van der Waals surface area contributed by atoms with Crippen LogP contribution in [-0.2, 0) is 0 Å². The Bertz CT molecular complexity index is 410. The van der Waals surface area contributed by atoms with E-state index in [-0.39, 0.29) is 11.7 Å². The fourth-order valence-electron chi connectivity index (χ4n) is 2.02. The molecule has 1 aromatic rings. The molecule has 0 atom stereocenters. The quantitative estimate of drug-likeness (QED) is 0.766. The molecule has 0 saturated carbocycles. The molecule has 0 bridgehead atoms. The lowest BCUT2D eigenvalue weighted by molar-refractivity contribution is 0.0766. The van der Waals surface area contributed by atoms with E-state index in [1.54, 1.807) is 25.1 Å². The summed E-state index contributed by atoms with van der Waals surface area (Å²) < 4.78 is 0. The third kappa shape index (κ3) is 2.77. The van der Waals surface area contributed by atoms with Crippen molar-refractivity contribution in [2.75, 3.05) is 26.2 Å². The summed E-state index contributed by atoms with van der Waals surface area (Å²) in [5, 5.41) is 12.7. The SMILES string of the molecule is Cc1cc(C(=O)N2CCCNCC2)ccc1O.